The molecule has 0 fully saturated rings. The summed E-state index contributed by atoms with van der Waals surface area (Å²) in [5.74, 6) is -0.725. The first-order chi connectivity index (χ1) is 13.0. The van der Waals surface area contributed by atoms with Crippen LogP contribution in [-0.4, -0.2) is 22.7 Å². The van der Waals surface area contributed by atoms with E-state index in [1.165, 1.54) is 18.3 Å². The molecule has 0 spiro atoms. The number of hydrogen-bond donors (Lipinski definition) is 1. The number of aromatic nitrogens is 1. The summed E-state index contributed by atoms with van der Waals surface area (Å²) in [6.45, 7) is 4.38. The lowest BCUT2D eigenvalue weighted by molar-refractivity contribution is 0.0695. The number of carboxylic acids is 1. The van der Waals surface area contributed by atoms with E-state index in [2.05, 4.69) is 4.98 Å². The summed E-state index contributed by atoms with van der Waals surface area (Å²) in [6, 6.07) is 13.8. The molecule has 1 heterocycles. The summed E-state index contributed by atoms with van der Waals surface area (Å²) < 4.78 is 20.3. The molecule has 2 aromatic carbocycles. The van der Waals surface area contributed by atoms with Crippen LogP contribution in [-0.2, 0) is 6.42 Å². The van der Waals surface area contributed by atoms with Crippen molar-refractivity contribution in [2.45, 2.75) is 20.3 Å². The van der Waals surface area contributed by atoms with Crippen LogP contribution in [0.2, 0.25) is 0 Å². The molecule has 138 valence electrons. The van der Waals surface area contributed by atoms with Gasteiger partial charge in [-0.1, -0.05) is 18.2 Å². The number of nitrogens with zero attached hydrogens (tertiary/aromatic N) is 1. The number of hydrogen-bond acceptors (Lipinski definition) is 3. The molecule has 0 radical (unpaired) electrons. The number of benzene rings is 2. The molecule has 0 unspecified atom stereocenters. The summed E-state index contributed by atoms with van der Waals surface area (Å²) in [6.07, 6.45) is 1.63. The van der Waals surface area contributed by atoms with Crippen molar-refractivity contribution < 1.29 is 19.0 Å². The largest absolute Gasteiger partial charge is 0.494 e. The maximum Gasteiger partial charge on any atom is 0.337 e. The average molecular weight is 365 g/mol. The van der Waals surface area contributed by atoms with Gasteiger partial charge in [-0.25, -0.2) is 9.18 Å². The molecule has 0 aliphatic carbocycles. The number of carboxylic acid groups (broad SMARTS) is 1. The van der Waals surface area contributed by atoms with Crippen LogP contribution < -0.4 is 4.74 Å². The van der Waals surface area contributed by atoms with Crippen molar-refractivity contribution in [2.75, 3.05) is 6.61 Å². The second kappa shape index (κ2) is 7.99. The minimum Gasteiger partial charge on any atom is -0.494 e. The first kappa shape index (κ1) is 18.6. The van der Waals surface area contributed by atoms with Crippen molar-refractivity contribution in [3.05, 3.63) is 82.9 Å². The number of rotatable bonds is 6. The highest BCUT2D eigenvalue weighted by Gasteiger charge is 2.15. The molecule has 4 nitrogen and oxygen atoms in total. The molecule has 0 saturated heterocycles. The molecule has 0 amide bonds. The van der Waals surface area contributed by atoms with Crippen LogP contribution in [0.4, 0.5) is 4.39 Å². The Morgan fingerprint density at radius 2 is 2.00 bits per heavy atom. The molecule has 1 N–H and O–H groups in total. The Morgan fingerprint density at radius 1 is 1.19 bits per heavy atom. The molecule has 0 atom stereocenters. The highest BCUT2D eigenvalue weighted by molar-refractivity contribution is 5.88. The molecule has 1 aromatic heterocycles. The van der Waals surface area contributed by atoms with E-state index in [9.17, 15) is 14.3 Å². The molecule has 0 aliphatic rings. The van der Waals surface area contributed by atoms with Crippen LogP contribution in [0.5, 0.6) is 5.75 Å². The van der Waals surface area contributed by atoms with Gasteiger partial charge >= 0.3 is 5.97 Å². The van der Waals surface area contributed by atoms with Gasteiger partial charge in [0, 0.05) is 12.6 Å². The molecular weight excluding hydrogens is 345 g/mol. The summed E-state index contributed by atoms with van der Waals surface area (Å²) in [4.78, 5) is 15.5. The number of pyridine rings is 1. The smallest absolute Gasteiger partial charge is 0.337 e. The first-order valence-electron chi connectivity index (χ1n) is 8.69. The standard InChI is InChI=1S/C22H20FNO3/c1-3-27-17-7-4-6-15(11-17)19-13-20(23)16(10-14(19)2)12-21-18(22(25)26)8-5-9-24-21/h4-11,13H,3,12H2,1-2H3,(H,25,26). The lowest BCUT2D eigenvalue weighted by atomic mass is 9.95. The highest BCUT2D eigenvalue weighted by atomic mass is 19.1. The zero-order valence-electron chi connectivity index (χ0n) is 15.2. The summed E-state index contributed by atoms with van der Waals surface area (Å²) in [7, 11) is 0. The normalized spacial score (nSPS) is 10.6. The van der Waals surface area contributed by atoms with Gasteiger partial charge in [-0.05, 0) is 66.4 Å². The average Bonchev–Trinajstić information content (AvgIpc) is 2.65. The molecule has 3 aromatic rings. The Bertz CT molecular complexity index is 985. The van der Waals surface area contributed by atoms with Gasteiger partial charge in [0.25, 0.3) is 0 Å². The van der Waals surface area contributed by atoms with E-state index >= 15 is 0 Å². The Labute approximate surface area is 157 Å². The minimum atomic E-state index is -1.07. The van der Waals surface area contributed by atoms with E-state index in [0.29, 0.717) is 17.9 Å². The van der Waals surface area contributed by atoms with Gasteiger partial charge in [0.1, 0.15) is 11.6 Å². The van der Waals surface area contributed by atoms with E-state index in [4.69, 9.17) is 4.74 Å². The van der Waals surface area contributed by atoms with Crippen molar-refractivity contribution in [1.82, 2.24) is 4.98 Å². The highest BCUT2D eigenvalue weighted by Crippen LogP contribution is 2.30. The van der Waals surface area contributed by atoms with E-state index in [-0.39, 0.29) is 17.8 Å². The van der Waals surface area contributed by atoms with Gasteiger partial charge < -0.3 is 9.84 Å². The van der Waals surface area contributed by atoms with Crippen molar-refractivity contribution in [1.29, 1.82) is 0 Å². The van der Waals surface area contributed by atoms with Crippen LogP contribution in [0.25, 0.3) is 11.1 Å². The maximum absolute atomic E-state index is 14.8. The predicted octanol–water partition coefficient (Wildman–Crippen LogP) is 4.88. The third-order valence-electron chi connectivity index (χ3n) is 4.33. The van der Waals surface area contributed by atoms with Gasteiger partial charge in [0.2, 0.25) is 0 Å². The van der Waals surface area contributed by atoms with Gasteiger partial charge in [0.05, 0.1) is 17.9 Å². The molecule has 5 heteroatoms. The Kier molecular flexibility index (Phi) is 5.50. The van der Waals surface area contributed by atoms with Gasteiger partial charge in [-0.3, -0.25) is 4.98 Å². The molecule has 27 heavy (non-hydrogen) atoms. The number of aromatic carboxylic acids is 1. The second-order valence-corrected chi connectivity index (χ2v) is 6.20. The van der Waals surface area contributed by atoms with Crippen molar-refractivity contribution in [3.8, 4) is 16.9 Å². The van der Waals surface area contributed by atoms with Crippen LogP contribution in [0, 0.1) is 12.7 Å². The third kappa shape index (κ3) is 4.14. The molecular formula is C22H20FNO3. The van der Waals surface area contributed by atoms with E-state index < -0.39 is 5.97 Å². The Balaban J connectivity index is 1.97. The van der Waals surface area contributed by atoms with Crippen LogP contribution in [0.1, 0.15) is 34.1 Å². The number of ether oxygens (including phenoxy) is 1. The SMILES string of the molecule is CCOc1cccc(-c2cc(F)c(Cc3ncccc3C(=O)O)cc2C)c1. The van der Waals surface area contributed by atoms with E-state index in [1.807, 2.05) is 38.1 Å². The second-order valence-electron chi connectivity index (χ2n) is 6.20. The summed E-state index contributed by atoms with van der Waals surface area (Å²) in [5.41, 5.74) is 3.38. The van der Waals surface area contributed by atoms with E-state index in [1.54, 1.807) is 12.1 Å². The Morgan fingerprint density at radius 3 is 2.74 bits per heavy atom. The lowest BCUT2D eigenvalue weighted by Gasteiger charge is -2.12. The van der Waals surface area contributed by atoms with Crippen molar-refractivity contribution in [3.63, 3.8) is 0 Å². The number of carbonyl (C=O) groups is 1. The number of aryl methyl sites for hydroxylation is 1. The zero-order valence-corrected chi connectivity index (χ0v) is 15.2. The Hall–Kier alpha value is -3.21. The van der Waals surface area contributed by atoms with Gasteiger partial charge in [0.15, 0.2) is 0 Å². The maximum atomic E-state index is 14.8. The van der Waals surface area contributed by atoms with Crippen molar-refractivity contribution in [2.24, 2.45) is 0 Å². The van der Waals surface area contributed by atoms with Gasteiger partial charge in [-0.15, -0.1) is 0 Å². The minimum absolute atomic E-state index is 0.0862. The molecule has 0 bridgehead atoms. The fraction of sp³-hybridized carbons (Fsp3) is 0.182. The molecule has 0 aliphatic heterocycles. The number of halogens is 1. The van der Waals surface area contributed by atoms with Crippen LogP contribution in [0.3, 0.4) is 0 Å². The van der Waals surface area contributed by atoms with Crippen LogP contribution in [0.15, 0.2) is 54.7 Å². The van der Waals surface area contributed by atoms with Gasteiger partial charge in [-0.2, -0.15) is 0 Å². The third-order valence-corrected chi connectivity index (χ3v) is 4.33. The van der Waals surface area contributed by atoms with Crippen molar-refractivity contribution >= 4 is 5.97 Å². The molecule has 0 saturated carbocycles. The predicted molar refractivity (Wildman–Crippen MR) is 102 cm³/mol. The summed E-state index contributed by atoms with van der Waals surface area (Å²) in [5, 5.41) is 9.28. The monoisotopic (exact) mass is 365 g/mol. The fourth-order valence-electron chi connectivity index (χ4n) is 3.06. The zero-order chi connectivity index (χ0) is 19.4. The quantitative estimate of drug-likeness (QED) is 0.676. The molecule has 3 rings (SSSR count). The first-order valence-corrected chi connectivity index (χ1v) is 8.69. The fourth-order valence-corrected chi connectivity index (χ4v) is 3.06. The lowest BCUT2D eigenvalue weighted by Crippen LogP contribution is -2.06. The topological polar surface area (TPSA) is 59.4 Å². The summed E-state index contributed by atoms with van der Waals surface area (Å²) >= 11 is 0. The van der Waals surface area contributed by atoms with E-state index in [0.717, 1.165) is 22.4 Å². The van der Waals surface area contributed by atoms with Crippen LogP contribution >= 0.6 is 0 Å².